The Morgan fingerprint density at radius 2 is 2.00 bits per heavy atom. The van der Waals surface area contributed by atoms with E-state index in [1.165, 1.54) is 9.25 Å². The van der Waals surface area contributed by atoms with Gasteiger partial charge in [0, 0.05) is 5.69 Å². The van der Waals surface area contributed by atoms with Crippen molar-refractivity contribution in [3.05, 3.63) is 41.1 Å². The summed E-state index contributed by atoms with van der Waals surface area (Å²) < 4.78 is 3.02. The summed E-state index contributed by atoms with van der Waals surface area (Å²) in [5.41, 5.74) is 6.94. The van der Waals surface area contributed by atoms with E-state index < -0.39 is 0 Å². The number of anilines is 1. The molecule has 1 aromatic carbocycles. The lowest BCUT2D eigenvalue weighted by atomic mass is 10.3. The Morgan fingerprint density at radius 3 is 2.59 bits per heavy atom. The van der Waals surface area contributed by atoms with E-state index in [1.54, 1.807) is 30.6 Å². The van der Waals surface area contributed by atoms with E-state index in [2.05, 4.69) is 5.10 Å². The monoisotopic (exact) mass is 232 g/mol. The van der Waals surface area contributed by atoms with Crippen molar-refractivity contribution in [2.24, 2.45) is 0 Å². The van der Waals surface area contributed by atoms with Crippen LogP contribution in [0.1, 0.15) is 26.3 Å². The lowest BCUT2D eigenvalue weighted by Gasteiger charge is -2.06. The third-order valence-electron chi connectivity index (χ3n) is 2.87. The maximum atomic E-state index is 12.1. The Balaban J connectivity index is 2.44. The van der Waals surface area contributed by atoms with Gasteiger partial charge in [-0.1, -0.05) is 6.92 Å². The fourth-order valence-corrected chi connectivity index (χ4v) is 1.60. The number of nitrogen functional groups attached to an aromatic ring is 1. The summed E-state index contributed by atoms with van der Waals surface area (Å²) >= 11 is 0. The van der Waals surface area contributed by atoms with Gasteiger partial charge in [0.05, 0.1) is 11.7 Å². The third kappa shape index (κ3) is 2.08. The van der Waals surface area contributed by atoms with Crippen molar-refractivity contribution in [2.75, 3.05) is 5.73 Å². The maximum Gasteiger partial charge on any atom is 0.350 e. The van der Waals surface area contributed by atoms with Crippen LogP contribution in [0.4, 0.5) is 5.69 Å². The zero-order chi connectivity index (χ0) is 12.4. The number of aromatic nitrogens is 3. The van der Waals surface area contributed by atoms with E-state index in [1.807, 2.05) is 13.8 Å². The molecular weight excluding hydrogens is 216 g/mol. The molecule has 0 radical (unpaired) electrons. The molecule has 0 amide bonds. The Labute approximate surface area is 99.5 Å². The molecule has 0 aliphatic rings. The first kappa shape index (κ1) is 11.4. The van der Waals surface area contributed by atoms with Gasteiger partial charge in [0.25, 0.3) is 0 Å². The van der Waals surface area contributed by atoms with Crippen molar-refractivity contribution < 1.29 is 0 Å². The molecule has 1 aromatic heterocycles. The van der Waals surface area contributed by atoms with Gasteiger partial charge in [-0.15, -0.1) is 0 Å². The largest absolute Gasteiger partial charge is 0.399 e. The van der Waals surface area contributed by atoms with Gasteiger partial charge in [-0.05, 0) is 37.6 Å². The van der Waals surface area contributed by atoms with E-state index in [0.717, 1.165) is 12.1 Å². The van der Waals surface area contributed by atoms with Crippen LogP contribution in [0.3, 0.4) is 0 Å². The van der Waals surface area contributed by atoms with Crippen molar-refractivity contribution >= 4 is 5.69 Å². The predicted molar refractivity (Wildman–Crippen MR) is 67.2 cm³/mol. The van der Waals surface area contributed by atoms with Crippen LogP contribution >= 0.6 is 0 Å². The Hall–Kier alpha value is -2.04. The first-order chi connectivity index (χ1) is 8.13. The molecule has 1 heterocycles. The second-order valence-electron chi connectivity index (χ2n) is 4.08. The van der Waals surface area contributed by atoms with E-state index in [0.29, 0.717) is 5.69 Å². The van der Waals surface area contributed by atoms with Crippen LogP contribution in [0.15, 0.2) is 35.4 Å². The van der Waals surface area contributed by atoms with Crippen LogP contribution < -0.4 is 11.4 Å². The van der Waals surface area contributed by atoms with E-state index in [-0.39, 0.29) is 11.7 Å². The van der Waals surface area contributed by atoms with Gasteiger partial charge in [-0.3, -0.25) is 0 Å². The zero-order valence-electron chi connectivity index (χ0n) is 10.00. The number of rotatable bonds is 3. The summed E-state index contributed by atoms with van der Waals surface area (Å²) in [6, 6.07) is 7.25. The Kier molecular flexibility index (Phi) is 2.99. The van der Waals surface area contributed by atoms with Crippen LogP contribution in [-0.4, -0.2) is 14.3 Å². The maximum absolute atomic E-state index is 12.1. The van der Waals surface area contributed by atoms with Crippen molar-refractivity contribution in [3.8, 4) is 5.69 Å². The first-order valence-electron chi connectivity index (χ1n) is 5.65. The molecule has 90 valence electrons. The molecule has 2 rings (SSSR count). The molecule has 5 nitrogen and oxygen atoms in total. The first-order valence-corrected chi connectivity index (χ1v) is 5.65. The van der Waals surface area contributed by atoms with Gasteiger partial charge in [-0.25, -0.2) is 14.0 Å². The van der Waals surface area contributed by atoms with Crippen molar-refractivity contribution in [1.82, 2.24) is 14.3 Å². The molecule has 0 aliphatic heterocycles. The third-order valence-corrected chi connectivity index (χ3v) is 2.87. The smallest absolute Gasteiger partial charge is 0.350 e. The molecular formula is C12H16N4O. The second kappa shape index (κ2) is 4.45. The highest BCUT2D eigenvalue weighted by molar-refractivity contribution is 5.44. The summed E-state index contributed by atoms with van der Waals surface area (Å²) in [6.45, 7) is 4.00. The van der Waals surface area contributed by atoms with Crippen LogP contribution in [-0.2, 0) is 0 Å². The summed E-state index contributed by atoms with van der Waals surface area (Å²) in [7, 11) is 0. The predicted octanol–water partition coefficient (Wildman–Crippen LogP) is 1.59. The van der Waals surface area contributed by atoms with Gasteiger partial charge in [0.2, 0.25) is 0 Å². The molecule has 0 bridgehead atoms. The fraction of sp³-hybridized carbons (Fsp3) is 0.333. The average molecular weight is 232 g/mol. The van der Waals surface area contributed by atoms with Gasteiger partial charge >= 0.3 is 5.69 Å². The molecule has 0 aliphatic carbocycles. The Bertz CT molecular complexity index is 553. The minimum absolute atomic E-state index is 0.109. The highest BCUT2D eigenvalue weighted by atomic mass is 16.2. The summed E-state index contributed by atoms with van der Waals surface area (Å²) in [5.74, 6) is 0. The number of nitrogens with zero attached hydrogens (tertiary/aromatic N) is 3. The van der Waals surface area contributed by atoms with Gasteiger partial charge < -0.3 is 5.73 Å². The van der Waals surface area contributed by atoms with E-state index in [4.69, 9.17) is 5.73 Å². The van der Waals surface area contributed by atoms with Gasteiger partial charge in [0.15, 0.2) is 0 Å². The van der Waals surface area contributed by atoms with Crippen molar-refractivity contribution in [2.45, 2.75) is 26.3 Å². The van der Waals surface area contributed by atoms with E-state index in [9.17, 15) is 4.79 Å². The second-order valence-corrected chi connectivity index (χ2v) is 4.08. The normalized spacial score (nSPS) is 12.6. The zero-order valence-corrected chi connectivity index (χ0v) is 10.00. The quantitative estimate of drug-likeness (QED) is 0.817. The highest BCUT2D eigenvalue weighted by Crippen LogP contribution is 2.10. The minimum atomic E-state index is -0.121. The van der Waals surface area contributed by atoms with Crippen LogP contribution in [0.2, 0.25) is 0 Å². The molecule has 0 saturated heterocycles. The molecule has 0 saturated carbocycles. The average Bonchev–Trinajstić information content (AvgIpc) is 2.71. The van der Waals surface area contributed by atoms with Crippen molar-refractivity contribution in [3.63, 3.8) is 0 Å². The fourth-order valence-electron chi connectivity index (χ4n) is 1.60. The minimum Gasteiger partial charge on any atom is -0.399 e. The molecule has 1 atom stereocenters. The molecule has 0 unspecified atom stereocenters. The summed E-state index contributed by atoms with van der Waals surface area (Å²) in [4.78, 5) is 12.1. The van der Waals surface area contributed by atoms with Crippen LogP contribution in [0.25, 0.3) is 5.69 Å². The number of hydrogen-bond donors (Lipinski definition) is 1. The molecule has 0 spiro atoms. The van der Waals surface area contributed by atoms with Crippen LogP contribution in [0.5, 0.6) is 0 Å². The summed E-state index contributed by atoms with van der Waals surface area (Å²) in [6.07, 6.45) is 2.42. The van der Waals surface area contributed by atoms with Gasteiger partial charge in [0.1, 0.15) is 6.33 Å². The molecule has 0 fully saturated rings. The van der Waals surface area contributed by atoms with E-state index >= 15 is 0 Å². The summed E-state index contributed by atoms with van der Waals surface area (Å²) in [5, 5.41) is 4.12. The Morgan fingerprint density at radius 1 is 1.35 bits per heavy atom. The number of hydrogen-bond acceptors (Lipinski definition) is 3. The number of benzene rings is 1. The molecule has 17 heavy (non-hydrogen) atoms. The molecule has 2 aromatic rings. The lowest BCUT2D eigenvalue weighted by molar-refractivity contribution is 0.460. The van der Waals surface area contributed by atoms with Crippen molar-refractivity contribution in [1.29, 1.82) is 0 Å². The van der Waals surface area contributed by atoms with Gasteiger partial charge in [-0.2, -0.15) is 5.10 Å². The lowest BCUT2D eigenvalue weighted by Crippen LogP contribution is -2.26. The highest BCUT2D eigenvalue weighted by Gasteiger charge is 2.10. The standard InChI is InChI=1S/C12H16N4O/c1-3-9(2)16-12(17)15(8-14-16)11-6-4-10(13)5-7-11/h4-9H,3,13H2,1-2H3/t9-/m1/s1. The molecule has 2 N–H and O–H groups in total. The van der Waals surface area contributed by atoms with Crippen LogP contribution in [0, 0.1) is 0 Å². The number of nitrogens with two attached hydrogens (primary N) is 1. The SMILES string of the molecule is CC[C@@H](C)n1ncn(-c2ccc(N)cc2)c1=O. The molecule has 5 heteroatoms. The topological polar surface area (TPSA) is 65.8 Å².